The van der Waals surface area contributed by atoms with Crippen LogP contribution in [0.4, 0.5) is 0 Å². The summed E-state index contributed by atoms with van der Waals surface area (Å²) < 4.78 is 28.7. The van der Waals surface area contributed by atoms with Gasteiger partial charge in [0.15, 0.2) is 0 Å². The number of rotatable bonds is 6. The fourth-order valence-corrected chi connectivity index (χ4v) is 4.48. The molecule has 5 nitrogen and oxygen atoms in total. The zero-order valence-electron chi connectivity index (χ0n) is 11.1. The van der Waals surface area contributed by atoms with E-state index >= 15 is 0 Å². The van der Waals surface area contributed by atoms with Crippen LogP contribution >= 0.6 is 0 Å². The second-order valence-corrected chi connectivity index (χ2v) is 7.19. The lowest BCUT2D eigenvalue weighted by Crippen LogP contribution is -2.46. The molecule has 6 heteroatoms. The van der Waals surface area contributed by atoms with Crippen LogP contribution in [0.2, 0.25) is 0 Å². The van der Waals surface area contributed by atoms with E-state index in [0.29, 0.717) is 26.2 Å². The predicted molar refractivity (Wildman–Crippen MR) is 72.4 cm³/mol. The highest BCUT2D eigenvalue weighted by Crippen LogP contribution is 2.31. The van der Waals surface area contributed by atoms with Crippen molar-refractivity contribution in [3.05, 3.63) is 0 Å². The molecule has 106 valence electrons. The van der Waals surface area contributed by atoms with Crippen molar-refractivity contribution in [2.75, 3.05) is 26.2 Å². The minimum Gasteiger partial charge on any atom is -0.330 e. The Morgan fingerprint density at radius 1 is 1.11 bits per heavy atom. The molecular formula is C12H25N3O2S. The third kappa shape index (κ3) is 3.44. The van der Waals surface area contributed by atoms with Crippen molar-refractivity contribution in [1.29, 1.82) is 0 Å². The van der Waals surface area contributed by atoms with Crippen LogP contribution in [0.3, 0.4) is 0 Å². The Morgan fingerprint density at radius 2 is 1.72 bits per heavy atom. The molecule has 0 aromatic heterocycles. The summed E-state index contributed by atoms with van der Waals surface area (Å²) in [5.41, 5.74) is 5.51. The van der Waals surface area contributed by atoms with Crippen LogP contribution in [-0.2, 0) is 10.2 Å². The summed E-state index contributed by atoms with van der Waals surface area (Å²) in [6.45, 7) is 2.51. The molecule has 0 bridgehead atoms. The second kappa shape index (κ2) is 6.32. The van der Waals surface area contributed by atoms with Crippen LogP contribution in [0.25, 0.3) is 0 Å². The van der Waals surface area contributed by atoms with Crippen LogP contribution in [0.15, 0.2) is 0 Å². The molecule has 1 heterocycles. The van der Waals surface area contributed by atoms with E-state index in [2.05, 4.69) is 0 Å². The van der Waals surface area contributed by atoms with E-state index in [-0.39, 0.29) is 6.04 Å². The maximum Gasteiger partial charge on any atom is 0.282 e. The lowest BCUT2D eigenvalue weighted by Gasteiger charge is -2.29. The predicted octanol–water partition coefficient (Wildman–Crippen LogP) is 0.920. The van der Waals surface area contributed by atoms with Crippen molar-refractivity contribution in [3.8, 4) is 0 Å². The van der Waals surface area contributed by atoms with Crippen molar-refractivity contribution in [2.24, 2.45) is 5.73 Å². The molecule has 0 radical (unpaired) electrons. The summed E-state index contributed by atoms with van der Waals surface area (Å²) in [6.07, 6.45) is 7.07. The van der Waals surface area contributed by atoms with Gasteiger partial charge in [0, 0.05) is 25.7 Å². The van der Waals surface area contributed by atoms with Crippen LogP contribution in [0.5, 0.6) is 0 Å². The van der Waals surface area contributed by atoms with Gasteiger partial charge in [-0.3, -0.25) is 0 Å². The van der Waals surface area contributed by atoms with Crippen molar-refractivity contribution in [1.82, 2.24) is 8.61 Å². The van der Waals surface area contributed by atoms with E-state index in [4.69, 9.17) is 5.73 Å². The lowest BCUT2D eigenvalue weighted by atomic mass is 10.2. The highest BCUT2D eigenvalue weighted by molar-refractivity contribution is 7.86. The van der Waals surface area contributed by atoms with Gasteiger partial charge in [0.05, 0.1) is 0 Å². The van der Waals surface area contributed by atoms with Gasteiger partial charge in [0.2, 0.25) is 0 Å². The number of hydrogen-bond donors (Lipinski definition) is 1. The van der Waals surface area contributed by atoms with E-state index in [1.165, 1.54) is 0 Å². The molecule has 0 amide bonds. The Bertz CT molecular complexity index is 346. The van der Waals surface area contributed by atoms with E-state index in [1.807, 2.05) is 0 Å². The molecule has 0 atom stereocenters. The Labute approximate surface area is 110 Å². The van der Waals surface area contributed by atoms with Crippen LogP contribution in [0, 0.1) is 0 Å². The summed E-state index contributed by atoms with van der Waals surface area (Å²) in [4.78, 5) is 0. The van der Waals surface area contributed by atoms with E-state index < -0.39 is 10.2 Å². The molecule has 0 aromatic carbocycles. The third-order valence-corrected chi connectivity index (χ3v) is 5.82. The van der Waals surface area contributed by atoms with Gasteiger partial charge < -0.3 is 5.73 Å². The zero-order valence-corrected chi connectivity index (χ0v) is 11.9. The Hall–Kier alpha value is -0.170. The van der Waals surface area contributed by atoms with E-state index in [9.17, 15) is 8.42 Å². The van der Waals surface area contributed by atoms with Crippen molar-refractivity contribution in [2.45, 2.75) is 51.0 Å². The van der Waals surface area contributed by atoms with Crippen LogP contribution in [0.1, 0.15) is 44.9 Å². The molecule has 1 saturated heterocycles. The standard InChI is InChI=1S/C12H25N3O2S/c13-8-5-11-15(12-6-7-12)18(16,17)14-9-3-1-2-4-10-14/h12H,1-11,13H2. The Morgan fingerprint density at radius 3 is 2.22 bits per heavy atom. The summed E-state index contributed by atoms with van der Waals surface area (Å²) in [7, 11) is -3.25. The number of nitrogens with zero attached hydrogens (tertiary/aromatic N) is 2. The topological polar surface area (TPSA) is 66.6 Å². The first-order valence-electron chi connectivity index (χ1n) is 7.13. The van der Waals surface area contributed by atoms with Gasteiger partial charge in [0.25, 0.3) is 10.2 Å². The molecule has 1 aliphatic carbocycles. The maximum absolute atomic E-state index is 12.6. The van der Waals surface area contributed by atoms with Crippen LogP contribution < -0.4 is 5.73 Å². The first-order chi connectivity index (χ1) is 8.66. The first kappa shape index (κ1) is 14.2. The maximum atomic E-state index is 12.6. The van der Waals surface area contributed by atoms with Gasteiger partial charge in [-0.15, -0.1) is 0 Å². The Balaban J connectivity index is 2.05. The molecule has 18 heavy (non-hydrogen) atoms. The second-order valence-electron chi connectivity index (χ2n) is 5.31. The quantitative estimate of drug-likeness (QED) is 0.784. The molecule has 0 spiro atoms. The fourth-order valence-electron chi connectivity index (χ4n) is 2.52. The smallest absolute Gasteiger partial charge is 0.282 e. The fraction of sp³-hybridized carbons (Fsp3) is 1.00. The van der Waals surface area contributed by atoms with Crippen molar-refractivity contribution < 1.29 is 8.42 Å². The largest absolute Gasteiger partial charge is 0.330 e. The molecule has 2 fully saturated rings. The molecular weight excluding hydrogens is 250 g/mol. The first-order valence-corrected chi connectivity index (χ1v) is 8.53. The number of hydrogen-bond acceptors (Lipinski definition) is 3. The van der Waals surface area contributed by atoms with E-state index in [0.717, 1.165) is 44.9 Å². The minimum atomic E-state index is -3.25. The molecule has 1 aliphatic heterocycles. The average molecular weight is 275 g/mol. The number of nitrogens with two attached hydrogens (primary N) is 1. The highest BCUT2D eigenvalue weighted by Gasteiger charge is 2.39. The van der Waals surface area contributed by atoms with E-state index in [1.54, 1.807) is 8.61 Å². The summed E-state index contributed by atoms with van der Waals surface area (Å²) in [6, 6.07) is 0.241. The van der Waals surface area contributed by atoms with Crippen molar-refractivity contribution in [3.63, 3.8) is 0 Å². The molecule has 0 unspecified atom stereocenters. The van der Waals surface area contributed by atoms with Gasteiger partial charge in [-0.05, 0) is 38.6 Å². The van der Waals surface area contributed by atoms with Gasteiger partial charge in [0.1, 0.15) is 0 Å². The molecule has 2 N–H and O–H groups in total. The van der Waals surface area contributed by atoms with Gasteiger partial charge >= 0.3 is 0 Å². The monoisotopic (exact) mass is 275 g/mol. The molecule has 0 aromatic rings. The average Bonchev–Trinajstić information content (AvgIpc) is 3.16. The zero-order chi connectivity index (χ0) is 13.0. The molecule has 1 saturated carbocycles. The lowest BCUT2D eigenvalue weighted by molar-refractivity contribution is 0.333. The summed E-state index contributed by atoms with van der Waals surface area (Å²) >= 11 is 0. The summed E-state index contributed by atoms with van der Waals surface area (Å²) in [5, 5.41) is 0. The van der Waals surface area contributed by atoms with Gasteiger partial charge in [-0.25, -0.2) is 0 Å². The normalized spacial score (nSPS) is 23.2. The SMILES string of the molecule is NCCCN(C1CC1)S(=O)(=O)N1CCCCCC1. The van der Waals surface area contributed by atoms with Crippen molar-refractivity contribution >= 4 is 10.2 Å². The van der Waals surface area contributed by atoms with Gasteiger partial charge in [-0.2, -0.15) is 17.0 Å². The molecule has 2 rings (SSSR count). The minimum absolute atomic E-state index is 0.241. The van der Waals surface area contributed by atoms with Gasteiger partial charge in [-0.1, -0.05) is 12.8 Å². The highest BCUT2D eigenvalue weighted by atomic mass is 32.2. The van der Waals surface area contributed by atoms with Crippen LogP contribution in [-0.4, -0.2) is 49.2 Å². The summed E-state index contributed by atoms with van der Waals surface area (Å²) in [5.74, 6) is 0. The third-order valence-electron chi connectivity index (χ3n) is 3.72. The Kier molecular flexibility index (Phi) is 5.00. The molecule has 2 aliphatic rings.